The van der Waals surface area contributed by atoms with Gasteiger partial charge in [-0.15, -0.1) is 0 Å². The molecule has 0 heterocycles. The molecule has 0 aliphatic carbocycles. The van der Waals surface area contributed by atoms with Crippen LogP contribution in [0.25, 0.3) is 0 Å². The lowest BCUT2D eigenvalue weighted by atomic mass is 10.1. The van der Waals surface area contributed by atoms with E-state index in [1.165, 1.54) is 37.4 Å². The number of methoxy groups -OCH3 is 1. The fourth-order valence-corrected chi connectivity index (χ4v) is 2.35. The first-order valence-corrected chi connectivity index (χ1v) is 8.22. The molecule has 11 heteroatoms. The highest BCUT2D eigenvalue weighted by Gasteiger charge is 2.18. The summed E-state index contributed by atoms with van der Waals surface area (Å²) in [6, 6.07) is 9.57. The van der Waals surface area contributed by atoms with E-state index in [1.807, 2.05) is 0 Å². The largest absolute Gasteiger partial charge is 0.490 e. The van der Waals surface area contributed by atoms with E-state index in [0.29, 0.717) is 5.56 Å². The molecule has 0 radical (unpaired) electrons. The molecule has 0 aliphatic rings. The minimum Gasteiger partial charge on any atom is -0.490 e. The van der Waals surface area contributed by atoms with Crippen molar-refractivity contribution in [2.45, 2.75) is 13.2 Å². The summed E-state index contributed by atoms with van der Waals surface area (Å²) < 4.78 is 34.0. The van der Waals surface area contributed by atoms with Crippen LogP contribution >= 0.6 is 0 Å². The highest BCUT2D eigenvalue weighted by Crippen LogP contribution is 2.27. The van der Waals surface area contributed by atoms with E-state index in [2.05, 4.69) is 15.4 Å². The number of amides is 2. The minimum absolute atomic E-state index is 0.00558. The van der Waals surface area contributed by atoms with Crippen molar-refractivity contribution in [3.05, 3.63) is 63.7 Å². The zero-order valence-corrected chi connectivity index (χ0v) is 15.2. The third kappa shape index (κ3) is 6.13. The van der Waals surface area contributed by atoms with Crippen molar-refractivity contribution in [3.63, 3.8) is 0 Å². The molecule has 2 N–H and O–H groups in total. The van der Waals surface area contributed by atoms with E-state index in [9.17, 15) is 28.5 Å². The second kappa shape index (κ2) is 9.97. The van der Waals surface area contributed by atoms with E-state index < -0.39 is 29.9 Å². The third-order valence-electron chi connectivity index (χ3n) is 3.71. The lowest BCUT2D eigenvalue weighted by Gasteiger charge is -2.12. The molecule has 154 valence electrons. The number of hydrogen-bond donors (Lipinski definition) is 2. The number of hydrogen-bond acceptors (Lipinski definition) is 6. The molecular weight excluding hydrogens is 392 g/mol. The average molecular weight is 409 g/mol. The molecule has 2 rings (SSSR count). The van der Waals surface area contributed by atoms with Gasteiger partial charge >= 0.3 is 12.3 Å². The van der Waals surface area contributed by atoms with Crippen LogP contribution in [0.3, 0.4) is 0 Å². The number of carbonyl (C=O) groups is 2. The molecule has 0 aromatic heterocycles. The second-order valence-corrected chi connectivity index (χ2v) is 5.59. The predicted molar refractivity (Wildman–Crippen MR) is 96.9 cm³/mol. The first-order valence-electron chi connectivity index (χ1n) is 8.22. The van der Waals surface area contributed by atoms with Crippen molar-refractivity contribution in [2.75, 3.05) is 13.7 Å². The lowest BCUT2D eigenvalue weighted by molar-refractivity contribution is -0.385. The molecular formula is C18H17F2N3O6. The van der Waals surface area contributed by atoms with Crippen molar-refractivity contribution >= 4 is 17.5 Å². The van der Waals surface area contributed by atoms with Crippen molar-refractivity contribution in [2.24, 2.45) is 0 Å². The molecule has 0 spiro atoms. The Morgan fingerprint density at radius 1 is 1.14 bits per heavy atom. The number of nitro benzene ring substituents is 1. The molecule has 0 atom stereocenters. The van der Waals surface area contributed by atoms with E-state index >= 15 is 0 Å². The van der Waals surface area contributed by atoms with Crippen LogP contribution in [0, 0.1) is 10.1 Å². The molecule has 0 aliphatic heterocycles. The summed E-state index contributed by atoms with van der Waals surface area (Å²) in [5.41, 5.74) is -0.0838. The minimum atomic E-state index is -3.00. The van der Waals surface area contributed by atoms with Crippen molar-refractivity contribution in [3.8, 4) is 11.5 Å². The number of ether oxygens (including phenoxy) is 2. The number of nitro groups is 1. The Bertz CT molecular complexity index is 907. The maximum atomic E-state index is 12.4. The Morgan fingerprint density at radius 3 is 2.52 bits per heavy atom. The summed E-state index contributed by atoms with van der Waals surface area (Å²) >= 11 is 0. The normalized spacial score (nSPS) is 10.3. The van der Waals surface area contributed by atoms with E-state index in [-0.39, 0.29) is 29.3 Å². The Morgan fingerprint density at radius 2 is 1.86 bits per heavy atom. The fraction of sp³-hybridized carbons (Fsp3) is 0.222. The Kier molecular flexibility index (Phi) is 7.40. The Balaban J connectivity index is 1.92. The summed E-state index contributed by atoms with van der Waals surface area (Å²) in [6.45, 7) is -3.51. The van der Waals surface area contributed by atoms with Crippen LogP contribution in [0.4, 0.5) is 14.5 Å². The quantitative estimate of drug-likeness (QED) is 0.484. The summed E-state index contributed by atoms with van der Waals surface area (Å²) in [6.07, 6.45) is 0. The van der Waals surface area contributed by atoms with Crippen molar-refractivity contribution < 1.29 is 32.8 Å². The van der Waals surface area contributed by atoms with Gasteiger partial charge in [0.05, 0.1) is 18.6 Å². The Hall–Kier alpha value is -3.76. The number of rotatable bonds is 9. The maximum absolute atomic E-state index is 12.4. The zero-order valence-electron chi connectivity index (χ0n) is 15.2. The van der Waals surface area contributed by atoms with Gasteiger partial charge in [0.1, 0.15) is 5.75 Å². The van der Waals surface area contributed by atoms with E-state index in [1.54, 1.807) is 6.07 Å². The molecule has 9 nitrogen and oxygen atoms in total. The van der Waals surface area contributed by atoms with Crippen LogP contribution in [0.15, 0.2) is 42.5 Å². The van der Waals surface area contributed by atoms with Crippen LogP contribution in [-0.4, -0.2) is 37.0 Å². The molecule has 0 unspecified atom stereocenters. The summed E-state index contributed by atoms with van der Waals surface area (Å²) in [7, 11) is 1.26. The zero-order chi connectivity index (χ0) is 21.4. The molecule has 0 saturated carbocycles. The molecule has 0 fully saturated rings. The lowest BCUT2D eigenvalue weighted by Crippen LogP contribution is -2.36. The van der Waals surface area contributed by atoms with E-state index in [4.69, 9.17) is 4.74 Å². The van der Waals surface area contributed by atoms with Crippen LogP contribution < -0.4 is 20.1 Å². The van der Waals surface area contributed by atoms with Crippen molar-refractivity contribution in [1.29, 1.82) is 0 Å². The van der Waals surface area contributed by atoms with Crippen LogP contribution in [0.1, 0.15) is 15.9 Å². The van der Waals surface area contributed by atoms with Gasteiger partial charge in [0, 0.05) is 23.7 Å². The van der Waals surface area contributed by atoms with Gasteiger partial charge in [0.15, 0.2) is 5.75 Å². The first kappa shape index (κ1) is 21.5. The van der Waals surface area contributed by atoms with Crippen LogP contribution in [0.5, 0.6) is 11.5 Å². The molecule has 29 heavy (non-hydrogen) atoms. The highest BCUT2D eigenvalue weighted by molar-refractivity contribution is 5.97. The number of carbonyl (C=O) groups excluding carboxylic acids is 2. The van der Waals surface area contributed by atoms with Gasteiger partial charge < -0.3 is 20.1 Å². The number of nitrogens with zero attached hydrogens (tertiary/aromatic N) is 1. The highest BCUT2D eigenvalue weighted by atomic mass is 19.3. The topological polar surface area (TPSA) is 120 Å². The van der Waals surface area contributed by atoms with Gasteiger partial charge in [0.2, 0.25) is 5.91 Å². The summed E-state index contributed by atoms with van der Waals surface area (Å²) in [5.74, 6) is -1.37. The average Bonchev–Trinajstić information content (AvgIpc) is 2.70. The monoisotopic (exact) mass is 409 g/mol. The van der Waals surface area contributed by atoms with Crippen LogP contribution in [0.2, 0.25) is 0 Å². The number of alkyl halides is 2. The van der Waals surface area contributed by atoms with Gasteiger partial charge in [-0.2, -0.15) is 8.78 Å². The number of nitrogens with one attached hydrogen (secondary N) is 2. The second-order valence-electron chi connectivity index (χ2n) is 5.59. The Labute approximate surface area is 163 Å². The molecule has 0 bridgehead atoms. The van der Waals surface area contributed by atoms with Gasteiger partial charge in [-0.05, 0) is 18.2 Å². The van der Waals surface area contributed by atoms with Gasteiger partial charge in [-0.3, -0.25) is 19.7 Å². The smallest absolute Gasteiger partial charge is 0.387 e. The summed E-state index contributed by atoms with van der Waals surface area (Å²) in [5, 5.41) is 15.8. The number of para-hydroxylation sites is 1. The number of halogens is 2. The fourth-order valence-electron chi connectivity index (χ4n) is 2.35. The maximum Gasteiger partial charge on any atom is 0.387 e. The molecule has 2 aromatic carbocycles. The first-order chi connectivity index (χ1) is 13.8. The standard InChI is InChI=1S/C18H17F2N3O6/c1-28-15-7-6-11(8-13(15)23(26)27)17(25)22-10-16(24)21-9-12-4-2-3-5-14(12)29-18(19)20/h2-8,18H,9-10H2,1H3,(H,21,24)(H,22,25). The predicted octanol–water partition coefficient (Wildman–Crippen LogP) is 2.25. The van der Waals surface area contributed by atoms with Crippen LogP contribution in [-0.2, 0) is 11.3 Å². The molecule has 2 aromatic rings. The summed E-state index contributed by atoms with van der Waals surface area (Å²) in [4.78, 5) is 34.3. The van der Waals surface area contributed by atoms with Gasteiger partial charge in [0.25, 0.3) is 5.91 Å². The molecule has 0 saturated heterocycles. The third-order valence-corrected chi connectivity index (χ3v) is 3.71. The van der Waals surface area contributed by atoms with E-state index in [0.717, 1.165) is 6.07 Å². The molecule has 2 amide bonds. The van der Waals surface area contributed by atoms with Gasteiger partial charge in [-0.25, -0.2) is 0 Å². The SMILES string of the molecule is COc1ccc(C(=O)NCC(=O)NCc2ccccc2OC(F)F)cc1[N+](=O)[O-]. The van der Waals surface area contributed by atoms with Crippen molar-refractivity contribution in [1.82, 2.24) is 10.6 Å². The van der Waals surface area contributed by atoms with Gasteiger partial charge in [-0.1, -0.05) is 18.2 Å². The number of benzene rings is 2.